The van der Waals surface area contributed by atoms with Gasteiger partial charge in [-0.15, -0.1) is 10.2 Å². The highest BCUT2D eigenvalue weighted by atomic mass is 32.2. The first-order valence-electron chi connectivity index (χ1n) is 10.1. The van der Waals surface area contributed by atoms with Crippen molar-refractivity contribution in [1.29, 1.82) is 0 Å². The molecule has 0 bridgehead atoms. The SMILES string of the molecule is Cn1nnc(-c2ccc(S(=O)(=O)C3CCN(CCc4ccc(F)cc4F)CC3)cc2)n1. The fraction of sp³-hybridized carbons (Fsp3) is 0.381. The lowest BCUT2D eigenvalue weighted by atomic mass is 10.1. The number of piperidine rings is 1. The van der Waals surface area contributed by atoms with Crippen LogP contribution in [0.4, 0.5) is 8.78 Å². The highest BCUT2D eigenvalue weighted by Gasteiger charge is 2.31. The van der Waals surface area contributed by atoms with Gasteiger partial charge in [0.05, 0.1) is 17.2 Å². The summed E-state index contributed by atoms with van der Waals surface area (Å²) < 4.78 is 52.9. The van der Waals surface area contributed by atoms with Gasteiger partial charge in [0.2, 0.25) is 5.82 Å². The zero-order valence-electron chi connectivity index (χ0n) is 17.1. The molecule has 2 heterocycles. The highest BCUT2D eigenvalue weighted by molar-refractivity contribution is 7.92. The van der Waals surface area contributed by atoms with Gasteiger partial charge in [0.1, 0.15) is 11.6 Å². The topological polar surface area (TPSA) is 81.0 Å². The number of halogens is 2. The van der Waals surface area contributed by atoms with E-state index >= 15 is 0 Å². The van der Waals surface area contributed by atoms with Crippen molar-refractivity contribution in [3.63, 3.8) is 0 Å². The molecule has 0 aliphatic carbocycles. The normalized spacial score (nSPS) is 16.0. The van der Waals surface area contributed by atoms with E-state index in [0.29, 0.717) is 55.8 Å². The monoisotopic (exact) mass is 447 g/mol. The van der Waals surface area contributed by atoms with Gasteiger partial charge in [0.25, 0.3) is 0 Å². The molecule has 0 saturated carbocycles. The average molecular weight is 448 g/mol. The summed E-state index contributed by atoms with van der Waals surface area (Å²) in [6.07, 6.45) is 1.49. The lowest BCUT2D eigenvalue weighted by Crippen LogP contribution is -2.40. The van der Waals surface area contributed by atoms with E-state index in [0.717, 1.165) is 6.07 Å². The second-order valence-electron chi connectivity index (χ2n) is 7.70. The van der Waals surface area contributed by atoms with Crippen molar-refractivity contribution in [2.75, 3.05) is 19.6 Å². The summed E-state index contributed by atoms with van der Waals surface area (Å²) in [4.78, 5) is 3.75. The molecule has 0 radical (unpaired) electrons. The number of nitrogens with zero attached hydrogens (tertiary/aromatic N) is 5. The van der Waals surface area contributed by atoms with Crippen molar-refractivity contribution in [1.82, 2.24) is 25.1 Å². The first-order valence-corrected chi connectivity index (χ1v) is 11.6. The summed E-state index contributed by atoms with van der Waals surface area (Å²) in [6.45, 7) is 1.85. The minimum atomic E-state index is -3.45. The van der Waals surface area contributed by atoms with Crippen molar-refractivity contribution >= 4 is 9.84 Å². The molecule has 31 heavy (non-hydrogen) atoms. The summed E-state index contributed by atoms with van der Waals surface area (Å²) in [5.74, 6) is -0.691. The molecule has 1 fully saturated rings. The lowest BCUT2D eigenvalue weighted by molar-refractivity contribution is 0.232. The average Bonchev–Trinajstić information content (AvgIpc) is 3.20. The Hall–Kier alpha value is -2.72. The van der Waals surface area contributed by atoms with E-state index < -0.39 is 26.7 Å². The molecule has 1 aliphatic rings. The number of aromatic nitrogens is 4. The molecular weight excluding hydrogens is 424 g/mol. The van der Waals surface area contributed by atoms with Crippen LogP contribution < -0.4 is 0 Å². The minimum absolute atomic E-state index is 0.284. The maximum absolute atomic E-state index is 13.8. The van der Waals surface area contributed by atoms with Crippen LogP contribution in [-0.2, 0) is 23.3 Å². The molecule has 7 nitrogen and oxygen atoms in total. The molecule has 0 spiro atoms. The Balaban J connectivity index is 1.35. The predicted molar refractivity (Wildman–Crippen MR) is 111 cm³/mol. The summed E-state index contributed by atoms with van der Waals surface area (Å²) in [6, 6.07) is 10.2. The number of sulfone groups is 1. The molecule has 164 valence electrons. The summed E-state index contributed by atoms with van der Waals surface area (Å²) in [5, 5.41) is 11.4. The van der Waals surface area contributed by atoms with Crippen LogP contribution in [0.25, 0.3) is 11.4 Å². The zero-order chi connectivity index (χ0) is 22.0. The molecule has 0 N–H and O–H groups in total. The second-order valence-corrected chi connectivity index (χ2v) is 9.93. The molecular formula is C21H23F2N5O2S. The Morgan fingerprint density at radius 1 is 1.06 bits per heavy atom. The number of rotatable bonds is 6. The van der Waals surface area contributed by atoms with Crippen molar-refractivity contribution in [2.24, 2.45) is 7.05 Å². The van der Waals surface area contributed by atoms with Crippen molar-refractivity contribution in [3.8, 4) is 11.4 Å². The molecule has 2 aromatic carbocycles. The van der Waals surface area contributed by atoms with Gasteiger partial charge >= 0.3 is 0 Å². The van der Waals surface area contributed by atoms with Gasteiger partial charge in [0.15, 0.2) is 9.84 Å². The van der Waals surface area contributed by atoms with Crippen LogP contribution in [0, 0.1) is 11.6 Å². The lowest BCUT2D eigenvalue weighted by Gasteiger charge is -2.31. The van der Waals surface area contributed by atoms with Crippen LogP contribution >= 0.6 is 0 Å². The third-order valence-corrected chi connectivity index (χ3v) is 7.91. The number of tetrazole rings is 1. The quantitative estimate of drug-likeness (QED) is 0.578. The van der Waals surface area contributed by atoms with Crippen molar-refractivity contribution in [2.45, 2.75) is 29.4 Å². The Morgan fingerprint density at radius 2 is 1.77 bits per heavy atom. The number of aryl methyl sites for hydroxylation is 1. The minimum Gasteiger partial charge on any atom is -0.303 e. The Kier molecular flexibility index (Phi) is 6.10. The number of hydrogen-bond donors (Lipinski definition) is 0. The van der Waals surface area contributed by atoms with Crippen molar-refractivity contribution in [3.05, 3.63) is 59.7 Å². The highest BCUT2D eigenvalue weighted by Crippen LogP contribution is 2.26. The zero-order valence-corrected chi connectivity index (χ0v) is 17.9. The summed E-state index contributed by atoms with van der Waals surface area (Å²) >= 11 is 0. The summed E-state index contributed by atoms with van der Waals surface area (Å²) in [5.41, 5.74) is 1.17. The van der Waals surface area contributed by atoms with Gasteiger partial charge in [-0.2, -0.15) is 4.80 Å². The van der Waals surface area contributed by atoms with Crippen LogP contribution in [-0.4, -0.2) is 58.4 Å². The van der Waals surface area contributed by atoms with E-state index in [1.807, 2.05) is 0 Å². The van der Waals surface area contributed by atoms with E-state index in [4.69, 9.17) is 0 Å². The fourth-order valence-corrected chi connectivity index (χ4v) is 5.56. The Morgan fingerprint density at radius 3 is 2.39 bits per heavy atom. The molecule has 0 amide bonds. The first-order chi connectivity index (χ1) is 14.8. The van der Waals surface area contributed by atoms with Gasteiger partial charge in [-0.3, -0.25) is 0 Å². The maximum Gasteiger partial charge on any atom is 0.204 e. The fourth-order valence-electron chi connectivity index (χ4n) is 3.83. The van der Waals surface area contributed by atoms with Gasteiger partial charge in [-0.1, -0.05) is 6.07 Å². The summed E-state index contributed by atoms with van der Waals surface area (Å²) in [7, 11) is -1.78. The van der Waals surface area contributed by atoms with Crippen LogP contribution in [0.2, 0.25) is 0 Å². The smallest absolute Gasteiger partial charge is 0.204 e. The molecule has 1 aromatic heterocycles. The predicted octanol–water partition coefficient (Wildman–Crippen LogP) is 2.64. The van der Waals surface area contributed by atoms with Crippen LogP contribution in [0.3, 0.4) is 0 Å². The van der Waals surface area contributed by atoms with E-state index in [1.165, 1.54) is 16.9 Å². The van der Waals surface area contributed by atoms with Crippen LogP contribution in [0.15, 0.2) is 47.4 Å². The Bertz CT molecular complexity index is 1160. The van der Waals surface area contributed by atoms with E-state index in [2.05, 4.69) is 20.3 Å². The van der Waals surface area contributed by atoms with Crippen LogP contribution in [0.1, 0.15) is 18.4 Å². The third-order valence-electron chi connectivity index (χ3n) is 5.64. The van der Waals surface area contributed by atoms with Gasteiger partial charge in [0, 0.05) is 18.2 Å². The molecule has 1 saturated heterocycles. The number of likely N-dealkylation sites (tertiary alicyclic amines) is 1. The Labute approximate surface area is 179 Å². The van der Waals surface area contributed by atoms with E-state index in [-0.39, 0.29) is 4.90 Å². The molecule has 4 rings (SSSR count). The standard InChI is InChI=1S/C21H23F2N5O2S/c1-27-25-21(24-26-27)16-3-6-18(7-4-16)31(29,30)19-9-12-28(13-10-19)11-8-15-2-5-17(22)14-20(15)23/h2-7,14,19H,8-13H2,1H3. The van der Waals surface area contributed by atoms with Gasteiger partial charge < -0.3 is 4.90 Å². The maximum atomic E-state index is 13.8. The van der Waals surface area contributed by atoms with Gasteiger partial charge in [-0.25, -0.2) is 17.2 Å². The molecule has 0 unspecified atom stereocenters. The van der Waals surface area contributed by atoms with E-state index in [1.54, 1.807) is 31.3 Å². The molecule has 3 aromatic rings. The largest absolute Gasteiger partial charge is 0.303 e. The molecule has 1 aliphatic heterocycles. The van der Waals surface area contributed by atoms with Crippen molar-refractivity contribution < 1.29 is 17.2 Å². The number of benzene rings is 2. The molecule has 10 heteroatoms. The van der Waals surface area contributed by atoms with Gasteiger partial charge in [-0.05, 0) is 73.5 Å². The first kappa shape index (κ1) is 21.5. The van der Waals surface area contributed by atoms with E-state index in [9.17, 15) is 17.2 Å². The third kappa shape index (κ3) is 4.80. The van der Waals surface area contributed by atoms with Crippen LogP contribution in [0.5, 0.6) is 0 Å². The second kappa shape index (κ2) is 8.80. The number of hydrogen-bond acceptors (Lipinski definition) is 6. The molecule has 0 atom stereocenters.